The topological polar surface area (TPSA) is 18.5 Å². The van der Waals surface area contributed by atoms with Gasteiger partial charge in [-0.3, -0.25) is 0 Å². The summed E-state index contributed by atoms with van der Waals surface area (Å²) in [6, 6.07) is 8.30. The normalized spacial score (nSPS) is 21.7. The van der Waals surface area contributed by atoms with Gasteiger partial charge in [0.2, 0.25) is 0 Å². The van der Waals surface area contributed by atoms with Gasteiger partial charge >= 0.3 is 7.12 Å². The minimum absolute atomic E-state index is 0.269. The van der Waals surface area contributed by atoms with E-state index in [-0.39, 0.29) is 18.3 Å². The largest absolute Gasteiger partial charge is 0.494 e. The highest BCUT2D eigenvalue weighted by Gasteiger charge is 2.51. The van der Waals surface area contributed by atoms with Gasteiger partial charge < -0.3 is 9.31 Å². The molecule has 1 aliphatic rings. The zero-order chi connectivity index (χ0) is 13.4. The van der Waals surface area contributed by atoms with Crippen molar-refractivity contribution in [3.8, 4) is 0 Å². The standard InChI is InChI=1S/C15H21BO2/c1-6-7-12-8-10-13(11-9-12)16-17-14(2,3)15(4,5)18-16/h6-11H,1-5H3/b7-6+. The number of allylic oxidation sites excluding steroid dienone is 1. The first-order valence-electron chi connectivity index (χ1n) is 6.44. The van der Waals surface area contributed by atoms with Crippen LogP contribution in [0.15, 0.2) is 30.3 Å². The fourth-order valence-electron chi connectivity index (χ4n) is 1.94. The number of hydrogen-bond donors (Lipinski definition) is 0. The van der Waals surface area contributed by atoms with E-state index in [1.165, 1.54) is 5.56 Å². The fraction of sp³-hybridized carbons (Fsp3) is 0.467. The van der Waals surface area contributed by atoms with Crippen molar-refractivity contribution in [3.63, 3.8) is 0 Å². The summed E-state index contributed by atoms with van der Waals surface area (Å²) in [4.78, 5) is 0. The Morgan fingerprint density at radius 2 is 1.44 bits per heavy atom. The van der Waals surface area contributed by atoms with Crippen LogP contribution < -0.4 is 5.46 Å². The maximum Gasteiger partial charge on any atom is 0.494 e. The molecule has 0 bridgehead atoms. The van der Waals surface area contributed by atoms with Gasteiger partial charge in [0.15, 0.2) is 0 Å². The van der Waals surface area contributed by atoms with E-state index in [9.17, 15) is 0 Å². The summed E-state index contributed by atoms with van der Waals surface area (Å²) in [5, 5.41) is 0. The average Bonchev–Trinajstić information content (AvgIpc) is 2.50. The lowest BCUT2D eigenvalue weighted by molar-refractivity contribution is 0.00578. The van der Waals surface area contributed by atoms with E-state index in [0.717, 1.165) is 5.46 Å². The van der Waals surface area contributed by atoms with Crippen molar-refractivity contribution in [2.45, 2.75) is 45.8 Å². The Hall–Kier alpha value is -1.06. The predicted octanol–water partition coefficient (Wildman–Crippen LogP) is 3.02. The van der Waals surface area contributed by atoms with Crippen LogP contribution in [-0.4, -0.2) is 18.3 Å². The minimum Gasteiger partial charge on any atom is -0.399 e. The predicted molar refractivity (Wildman–Crippen MR) is 76.9 cm³/mol. The van der Waals surface area contributed by atoms with Gasteiger partial charge in [-0.15, -0.1) is 0 Å². The Labute approximate surface area is 110 Å². The molecule has 0 amide bonds. The Kier molecular flexibility index (Phi) is 3.39. The lowest BCUT2D eigenvalue weighted by atomic mass is 9.79. The molecule has 1 aromatic rings. The van der Waals surface area contributed by atoms with E-state index in [2.05, 4.69) is 58.0 Å². The molecule has 1 aromatic carbocycles. The fourth-order valence-corrected chi connectivity index (χ4v) is 1.94. The molecule has 1 aliphatic heterocycles. The average molecular weight is 244 g/mol. The van der Waals surface area contributed by atoms with Crippen molar-refractivity contribution in [1.29, 1.82) is 0 Å². The van der Waals surface area contributed by atoms with E-state index < -0.39 is 0 Å². The molecule has 0 N–H and O–H groups in total. The molecule has 3 heteroatoms. The number of rotatable bonds is 2. The first-order chi connectivity index (χ1) is 8.36. The first kappa shape index (κ1) is 13.4. The van der Waals surface area contributed by atoms with E-state index in [1.54, 1.807) is 0 Å². The summed E-state index contributed by atoms with van der Waals surface area (Å²) in [6.07, 6.45) is 4.11. The number of benzene rings is 1. The second-order valence-corrected chi connectivity index (χ2v) is 5.75. The van der Waals surface area contributed by atoms with Gasteiger partial charge in [0.05, 0.1) is 11.2 Å². The summed E-state index contributed by atoms with van der Waals surface area (Å²) >= 11 is 0. The summed E-state index contributed by atoms with van der Waals surface area (Å²) in [7, 11) is -0.269. The van der Waals surface area contributed by atoms with Crippen LogP contribution in [0.4, 0.5) is 0 Å². The summed E-state index contributed by atoms with van der Waals surface area (Å²) < 4.78 is 12.0. The second-order valence-electron chi connectivity index (χ2n) is 5.75. The highest BCUT2D eigenvalue weighted by Crippen LogP contribution is 2.36. The third kappa shape index (κ3) is 2.38. The zero-order valence-electron chi connectivity index (χ0n) is 11.9. The molecule has 0 aromatic heterocycles. The van der Waals surface area contributed by atoms with Crippen LogP contribution in [0.3, 0.4) is 0 Å². The Morgan fingerprint density at radius 3 is 1.89 bits per heavy atom. The molecular formula is C15H21BO2. The third-order valence-corrected chi connectivity index (χ3v) is 3.82. The highest BCUT2D eigenvalue weighted by molar-refractivity contribution is 6.62. The van der Waals surface area contributed by atoms with E-state index in [4.69, 9.17) is 9.31 Å². The van der Waals surface area contributed by atoms with Gasteiger partial charge in [0.1, 0.15) is 0 Å². The van der Waals surface area contributed by atoms with Crippen molar-refractivity contribution in [1.82, 2.24) is 0 Å². The van der Waals surface area contributed by atoms with Crippen LogP contribution in [0.2, 0.25) is 0 Å². The van der Waals surface area contributed by atoms with E-state index in [1.807, 2.05) is 13.0 Å². The Morgan fingerprint density at radius 1 is 0.944 bits per heavy atom. The van der Waals surface area contributed by atoms with Crippen LogP contribution in [0.25, 0.3) is 6.08 Å². The van der Waals surface area contributed by atoms with Gasteiger partial charge in [0.25, 0.3) is 0 Å². The zero-order valence-corrected chi connectivity index (χ0v) is 11.9. The second kappa shape index (κ2) is 4.56. The molecule has 1 heterocycles. The Bertz CT molecular complexity index is 430. The highest BCUT2D eigenvalue weighted by atomic mass is 16.7. The maximum absolute atomic E-state index is 6.01. The molecule has 0 radical (unpaired) electrons. The first-order valence-corrected chi connectivity index (χ1v) is 6.44. The molecule has 96 valence electrons. The summed E-state index contributed by atoms with van der Waals surface area (Å²) in [6.45, 7) is 10.3. The third-order valence-electron chi connectivity index (χ3n) is 3.82. The molecule has 0 spiro atoms. The lowest BCUT2D eigenvalue weighted by Crippen LogP contribution is -2.41. The van der Waals surface area contributed by atoms with E-state index >= 15 is 0 Å². The Balaban J connectivity index is 2.19. The summed E-state index contributed by atoms with van der Waals surface area (Å²) in [5.41, 5.74) is 1.71. The summed E-state index contributed by atoms with van der Waals surface area (Å²) in [5.74, 6) is 0. The molecule has 1 saturated heterocycles. The maximum atomic E-state index is 6.01. The molecule has 18 heavy (non-hydrogen) atoms. The van der Waals surface area contributed by atoms with Crippen LogP contribution in [0.5, 0.6) is 0 Å². The van der Waals surface area contributed by atoms with Crippen molar-refractivity contribution < 1.29 is 9.31 Å². The molecule has 2 nitrogen and oxygen atoms in total. The van der Waals surface area contributed by atoms with Gasteiger partial charge in [-0.25, -0.2) is 0 Å². The molecule has 1 fully saturated rings. The van der Waals surface area contributed by atoms with Crippen molar-refractivity contribution in [3.05, 3.63) is 35.9 Å². The van der Waals surface area contributed by atoms with Crippen molar-refractivity contribution >= 4 is 18.7 Å². The van der Waals surface area contributed by atoms with Crippen molar-refractivity contribution in [2.24, 2.45) is 0 Å². The monoisotopic (exact) mass is 244 g/mol. The van der Waals surface area contributed by atoms with Gasteiger partial charge in [-0.1, -0.05) is 36.4 Å². The molecule has 0 atom stereocenters. The van der Waals surface area contributed by atoms with Crippen molar-refractivity contribution in [2.75, 3.05) is 0 Å². The smallest absolute Gasteiger partial charge is 0.399 e. The van der Waals surface area contributed by atoms with E-state index in [0.29, 0.717) is 0 Å². The van der Waals surface area contributed by atoms with Crippen LogP contribution in [0.1, 0.15) is 40.2 Å². The lowest BCUT2D eigenvalue weighted by Gasteiger charge is -2.32. The molecule has 0 aliphatic carbocycles. The molecule has 2 rings (SSSR count). The van der Waals surface area contributed by atoms with Crippen LogP contribution in [0, 0.1) is 0 Å². The van der Waals surface area contributed by atoms with Crippen LogP contribution >= 0.6 is 0 Å². The minimum atomic E-state index is -0.278. The van der Waals surface area contributed by atoms with Gasteiger partial charge in [-0.05, 0) is 45.6 Å². The van der Waals surface area contributed by atoms with Crippen LogP contribution in [-0.2, 0) is 9.31 Å². The molecule has 0 unspecified atom stereocenters. The molecular weight excluding hydrogens is 223 g/mol. The van der Waals surface area contributed by atoms with Gasteiger partial charge in [-0.2, -0.15) is 0 Å². The quantitative estimate of drug-likeness (QED) is 0.744. The SMILES string of the molecule is C/C=C/c1ccc(B2OC(C)(C)C(C)(C)O2)cc1. The number of hydrogen-bond acceptors (Lipinski definition) is 2. The van der Waals surface area contributed by atoms with Gasteiger partial charge in [0, 0.05) is 0 Å². The molecule has 0 saturated carbocycles.